The smallest absolute Gasteiger partial charge is 0.288 e. The summed E-state index contributed by atoms with van der Waals surface area (Å²) in [4.78, 5) is 15.6. The predicted octanol–water partition coefficient (Wildman–Crippen LogP) is 0.477. The van der Waals surface area contributed by atoms with Gasteiger partial charge in [-0.1, -0.05) is 0 Å². The van der Waals surface area contributed by atoms with Gasteiger partial charge in [0, 0.05) is 11.1 Å². The van der Waals surface area contributed by atoms with Crippen molar-refractivity contribution in [2.24, 2.45) is 5.84 Å². The fourth-order valence-corrected chi connectivity index (χ4v) is 1.19. The van der Waals surface area contributed by atoms with Crippen LogP contribution in [0.2, 0.25) is 0 Å². The molecular formula is C5H8ClN3OS. The van der Waals surface area contributed by atoms with E-state index < -0.39 is 0 Å². The Kier molecular flexibility index (Phi) is 4.02. The van der Waals surface area contributed by atoms with E-state index in [9.17, 15) is 4.79 Å². The summed E-state index contributed by atoms with van der Waals surface area (Å²) < 4.78 is 0. The molecule has 0 aliphatic heterocycles. The number of nitrogens with zero attached hydrogens (tertiary/aromatic N) is 1. The van der Waals surface area contributed by atoms with Gasteiger partial charge in [0.25, 0.3) is 5.91 Å². The van der Waals surface area contributed by atoms with E-state index in [2.05, 4.69) is 4.98 Å². The van der Waals surface area contributed by atoms with Gasteiger partial charge in [-0.05, 0) is 6.92 Å². The lowest BCUT2D eigenvalue weighted by Crippen LogP contribution is -2.29. The Balaban J connectivity index is 0.000001000. The van der Waals surface area contributed by atoms with Crippen molar-refractivity contribution < 1.29 is 4.79 Å². The number of aryl methyl sites for hydroxylation is 1. The van der Waals surface area contributed by atoms with Crippen molar-refractivity contribution in [3.63, 3.8) is 0 Å². The largest absolute Gasteiger partial charge is 0.294 e. The molecule has 0 radical (unpaired) electrons. The van der Waals surface area contributed by atoms with Crippen LogP contribution in [0.3, 0.4) is 0 Å². The minimum absolute atomic E-state index is 0. The molecule has 1 aromatic rings. The third-order valence-electron chi connectivity index (χ3n) is 0.947. The minimum Gasteiger partial charge on any atom is -0.288 e. The van der Waals surface area contributed by atoms with Gasteiger partial charge in [-0.3, -0.25) is 10.2 Å². The zero-order valence-corrected chi connectivity index (χ0v) is 7.46. The molecule has 0 atom stereocenters. The number of rotatable bonds is 1. The second kappa shape index (κ2) is 4.27. The molecule has 0 aliphatic rings. The van der Waals surface area contributed by atoms with Crippen molar-refractivity contribution in [1.29, 1.82) is 0 Å². The van der Waals surface area contributed by atoms with Crippen LogP contribution in [0, 0.1) is 6.92 Å². The third kappa shape index (κ3) is 2.45. The molecule has 3 N–H and O–H groups in total. The van der Waals surface area contributed by atoms with Crippen molar-refractivity contribution in [2.45, 2.75) is 6.92 Å². The van der Waals surface area contributed by atoms with Crippen LogP contribution in [0.4, 0.5) is 0 Å². The molecule has 4 nitrogen and oxygen atoms in total. The molecule has 1 aromatic heterocycles. The first-order valence-electron chi connectivity index (χ1n) is 2.67. The number of nitrogens with two attached hydrogens (primary N) is 1. The summed E-state index contributed by atoms with van der Waals surface area (Å²) in [5.74, 6) is 4.55. The summed E-state index contributed by atoms with van der Waals surface area (Å²) >= 11 is 1.32. The summed E-state index contributed by atoms with van der Waals surface area (Å²) in [5.41, 5.74) is 2.00. The quantitative estimate of drug-likeness (QED) is 0.387. The summed E-state index contributed by atoms with van der Waals surface area (Å²) in [6.45, 7) is 1.88. The van der Waals surface area contributed by atoms with Crippen molar-refractivity contribution in [3.05, 3.63) is 16.1 Å². The van der Waals surface area contributed by atoms with Crippen LogP contribution in [0.25, 0.3) is 0 Å². The highest BCUT2D eigenvalue weighted by Crippen LogP contribution is 2.09. The fraction of sp³-hybridized carbons (Fsp3) is 0.200. The SMILES string of the molecule is Cc1cnc(C(=O)NN)s1.Cl. The van der Waals surface area contributed by atoms with Crippen LogP contribution in [0.5, 0.6) is 0 Å². The molecule has 0 saturated heterocycles. The summed E-state index contributed by atoms with van der Waals surface area (Å²) in [5, 5.41) is 0.403. The van der Waals surface area contributed by atoms with Crippen molar-refractivity contribution in [3.8, 4) is 0 Å². The summed E-state index contributed by atoms with van der Waals surface area (Å²) in [6, 6.07) is 0. The lowest BCUT2D eigenvalue weighted by Gasteiger charge is -1.89. The normalized spacial score (nSPS) is 8.55. The Morgan fingerprint density at radius 2 is 2.45 bits per heavy atom. The number of thiazole rings is 1. The molecule has 1 heterocycles. The van der Waals surface area contributed by atoms with E-state index in [1.165, 1.54) is 11.3 Å². The van der Waals surface area contributed by atoms with E-state index in [0.29, 0.717) is 5.01 Å². The number of amides is 1. The van der Waals surface area contributed by atoms with Crippen molar-refractivity contribution in [2.75, 3.05) is 0 Å². The molecule has 11 heavy (non-hydrogen) atoms. The first-order valence-corrected chi connectivity index (χ1v) is 3.49. The lowest BCUT2D eigenvalue weighted by atomic mass is 10.6. The highest BCUT2D eigenvalue weighted by Gasteiger charge is 2.06. The number of nitrogen functional groups attached to an aromatic ring is 1. The van der Waals surface area contributed by atoms with Gasteiger partial charge in [0.05, 0.1) is 0 Å². The Bertz CT molecular complexity index is 250. The number of carbonyl (C=O) groups excluding carboxylic acids is 1. The first-order chi connectivity index (χ1) is 4.74. The zero-order chi connectivity index (χ0) is 7.56. The average Bonchev–Trinajstić information content (AvgIpc) is 2.34. The van der Waals surface area contributed by atoms with E-state index in [1.807, 2.05) is 12.3 Å². The van der Waals surface area contributed by atoms with E-state index in [4.69, 9.17) is 5.84 Å². The number of aromatic nitrogens is 1. The molecule has 0 aromatic carbocycles. The molecule has 0 fully saturated rings. The number of carbonyl (C=O) groups is 1. The third-order valence-corrected chi connectivity index (χ3v) is 1.86. The van der Waals surface area contributed by atoms with Crippen LogP contribution < -0.4 is 11.3 Å². The molecule has 1 rings (SSSR count). The van der Waals surface area contributed by atoms with Crippen molar-refractivity contribution in [1.82, 2.24) is 10.4 Å². The number of hydrogen-bond acceptors (Lipinski definition) is 4. The van der Waals surface area contributed by atoms with Gasteiger partial charge in [0.1, 0.15) is 0 Å². The van der Waals surface area contributed by atoms with E-state index in [0.717, 1.165) is 4.88 Å². The van der Waals surface area contributed by atoms with Gasteiger partial charge in [-0.15, -0.1) is 23.7 Å². The summed E-state index contributed by atoms with van der Waals surface area (Å²) in [7, 11) is 0. The molecule has 0 bridgehead atoms. The Morgan fingerprint density at radius 1 is 1.82 bits per heavy atom. The van der Waals surface area contributed by atoms with Crippen LogP contribution in [-0.4, -0.2) is 10.9 Å². The zero-order valence-electron chi connectivity index (χ0n) is 5.83. The maximum Gasteiger partial charge on any atom is 0.294 e. The number of hydrazine groups is 1. The standard InChI is InChI=1S/C5H7N3OS.ClH/c1-3-2-7-5(10-3)4(9)8-6;/h2H,6H2,1H3,(H,8,9);1H. The van der Waals surface area contributed by atoms with E-state index in [-0.39, 0.29) is 18.3 Å². The molecule has 0 spiro atoms. The highest BCUT2D eigenvalue weighted by atomic mass is 35.5. The monoisotopic (exact) mass is 193 g/mol. The van der Waals surface area contributed by atoms with E-state index >= 15 is 0 Å². The second-order valence-electron chi connectivity index (χ2n) is 1.75. The van der Waals surface area contributed by atoms with Gasteiger partial charge in [0.2, 0.25) is 0 Å². The van der Waals surface area contributed by atoms with Gasteiger partial charge >= 0.3 is 0 Å². The number of hydrogen-bond donors (Lipinski definition) is 2. The average molecular weight is 194 g/mol. The molecule has 6 heteroatoms. The molecule has 0 saturated carbocycles. The van der Waals surface area contributed by atoms with Crippen LogP contribution >= 0.6 is 23.7 Å². The predicted molar refractivity (Wildman–Crippen MR) is 45.8 cm³/mol. The first kappa shape index (κ1) is 10.3. The van der Waals surface area contributed by atoms with Crippen molar-refractivity contribution >= 4 is 29.7 Å². The van der Waals surface area contributed by atoms with Crippen LogP contribution in [-0.2, 0) is 0 Å². The second-order valence-corrected chi connectivity index (χ2v) is 2.98. The highest BCUT2D eigenvalue weighted by molar-refractivity contribution is 7.13. The Hall–Kier alpha value is -0.650. The van der Waals surface area contributed by atoms with Gasteiger partial charge in [-0.2, -0.15) is 0 Å². The molecule has 0 unspecified atom stereocenters. The molecule has 1 amide bonds. The molecule has 0 aliphatic carbocycles. The van der Waals surface area contributed by atoms with Gasteiger partial charge in [0.15, 0.2) is 5.01 Å². The van der Waals surface area contributed by atoms with Gasteiger partial charge < -0.3 is 0 Å². The molecular weight excluding hydrogens is 186 g/mol. The topological polar surface area (TPSA) is 68.0 Å². The van der Waals surface area contributed by atoms with E-state index in [1.54, 1.807) is 6.20 Å². The summed E-state index contributed by atoms with van der Waals surface area (Å²) in [6.07, 6.45) is 1.63. The Labute approximate surface area is 74.2 Å². The minimum atomic E-state index is -0.335. The number of halogens is 1. The molecule has 62 valence electrons. The van der Waals surface area contributed by atoms with Gasteiger partial charge in [-0.25, -0.2) is 10.8 Å². The maximum absolute atomic E-state index is 10.7. The van der Waals surface area contributed by atoms with Crippen LogP contribution in [0.15, 0.2) is 6.20 Å². The van der Waals surface area contributed by atoms with Crippen LogP contribution in [0.1, 0.15) is 14.7 Å². The Morgan fingerprint density at radius 3 is 2.82 bits per heavy atom. The fourth-order valence-electron chi connectivity index (χ4n) is 0.521. The maximum atomic E-state index is 10.7. The number of nitrogens with one attached hydrogen (secondary N) is 1. The lowest BCUT2D eigenvalue weighted by molar-refractivity contribution is 0.0953.